The molecule has 0 aliphatic carbocycles. The van der Waals surface area contributed by atoms with Crippen LogP contribution >= 0.6 is 19.1 Å². The normalized spacial score (nSPS) is 14.6. The predicted octanol–water partition coefficient (Wildman–Crippen LogP) is 4.69. The van der Waals surface area contributed by atoms with Crippen molar-refractivity contribution in [3.63, 3.8) is 0 Å². The molecule has 3 heterocycles. The fourth-order valence-corrected chi connectivity index (χ4v) is 5.73. The molecule has 1 aromatic carbocycles. The van der Waals surface area contributed by atoms with E-state index in [1.54, 1.807) is 74.3 Å². The summed E-state index contributed by atoms with van der Waals surface area (Å²) in [7, 11) is -3.77. The summed E-state index contributed by atoms with van der Waals surface area (Å²) < 4.78 is 32.9. The van der Waals surface area contributed by atoms with E-state index in [1.165, 1.54) is 6.33 Å². The van der Waals surface area contributed by atoms with Gasteiger partial charge in [0.05, 0.1) is 30.8 Å². The Morgan fingerprint density at radius 2 is 1.85 bits per heavy atom. The van der Waals surface area contributed by atoms with E-state index >= 15 is 0 Å². The molecule has 4 aromatic rings. The van der Waals surface area contributed by atoms with Crippen LogP contribution in [0.25, 0.3) is 22.4 Å². The molecule has 0 radical (unpaired) electrons. The van der Waals surface area contributed by atoms with E-state index in [9.17, 15) is 9.36 Å². The number of carbonyl (C=O) groups excluding carboxylic acids is 1. The van der Waals surface area contributed by atoms with Crippen molar-refractivity contribution in [2.45, 2.75) is 52.5 Å². The number of imidazole rings is 1. The van der Waals surface area contributed by atoms with Crippen LogP contribution in [0.15, 0.2) is 55.2 Å². The van der Waals surface area contributed by atoms with Gasteiger partial charge in [-0.25, -0.2) is 20.0 Å². The van der Waals surface area contributed by atoms with Gasteiger partial charge in [-0.1, -0.05) is 11.6 Å². The van der Waals surface area contributed by atoms with Gasteiger partial charge >= 0.3 is 13.5 Å². The molecule has 40 heavy (non-hydrogen) atoms. The third-order valence-corrected chi connectivity index (χ3v) is 7.64. The van der Waals surface area contributed by atoms with Crippen LogP contribution in [0.1, 0.15) is 27.7 Å². The molecule has 0 bridgehead atoms. The Hall–Kier alpha value is -3.57. The van der Waals surface area contributed by atoms with E-state index in [-0.39, 0.29) is 18.3 Å². The highest BCUT2D eigenvalue weighted by atomic mass is 35.5. The summed E-state index contributed by atoms with van der Waals surface area (Å²) >= 11 is 6.08. The van der Waals surface area contributed by atoms with E-state index in [2.05, 4.69) is 25.0 Å². The Morgan fingerprint density at radius 1 is 1.10 bits per heavy atom. The summed E-state index contributed by atoms with van der Waals surface area (Å²) in [6.45, 7) is 7.18. The molecule has 3 N–H and O–H groups in total. The number of benzene rings is 1. The van der Waals surface area contributed by atoms with Crippen molar-refractivity contribution in [3.8, 4) is 17.0 Å². The summed E-state index contributed by atoms with van der Waals surface area (Å²) in [6.07, 6.45) is 3.48. The van der Waals surface area contributed by atoms with E-state index in [1.807, 2.05) is 6.92 Å². The number of carbonyl (C=O) groups is 1. The first kappa shape index (κ1) is 29.4. The van der Waals surface area contributed by atoms with Crippen LogP contribution < -0.4 is 15.3 Å². The van der Waals surface area contributed by atoms with Gasteiger partial charge < -0.3 is 24.3 Å². The molecular weight excluding hydrogens is 557 g/mol. The smallest absolute Gasteiger partial charge is 0.342 e. The van der Waals surface area contributed by atoms with E-state index in [0.717, 1.165) is 5.56 Å². The highest BCUT2D eigenvalue weighted by Gasteiger charge is 2.32. The lowest BCUT2D eigenvalue weighted by Gasteiger charge is -2.25. The molecule has 0 aliphatic rings. The van der Waals surface area contributed by atoms with Crippen LogP contribution in [0.3, 0.4) is 0 Å². The fraction of sp³-hybridized carbons (Fsp3) is 0.346. The number of aromatic nitrogens is 5. The van der Waals surface area contributed by atoms with E-state index in [0.29, 0.717) is 34.2 Å². The summed E-state index contributed by atoms with van der Waals surface area (Å²) in [6, 6.07) is 9.38. The van der Waals surface area contributed by atoms with Gasteiger partial charge in [0, 0.05) is 16.8 Å². The Bertz CT molecular complexity index is 1520. The van der Waals surface area contributed by atoms with Crippen LogP contribution in [0.5, 0.6) is 5.75 Å². The van der Waals surface area contributed by atoms with Gasteiger partial charge in [0.2, 0.25) is 0 Å². The third-order valence-electron chi connectivity index (χ3n) is 5.63. The second-order valence-corrected chi connectivity index (χ2v) is 11.9. The zero-order chi connectivity index (χ0) is 28.9. The maximum Gasteiger partial charge on any atom is 0.342 e. The number of hydrogen-bond acceptors (Lipinski definition) is 10. The number of nitrogens with two attached hydrogens (primary N) is 1. The number of rotatable bonds is 12. The van der Waals surface area contributed by atoms with Crippen molar-refractivity contribution in [2.75, 3.05) is 12.1 Å². The van der Waals surface area contributed by atoms with Gasteiger partial charge in [0.1, 0.15) is 30.0 Å². The number of nitrogen functional groups attached to an aromatic ring is 1. The number of anilines is 1. The average Bonchev–Trinajstić information content (AvgIpc) is 3.31. The van der Waals surface area contributed by atoms with Gasteiger partial charge in [-0.05, 0) is 64.1 Å². The molecule has 14 heteroatoms. The second-order valence-electron chi connectivity index (χ2n) is 9.42. The molecule has 0 amide bonds. The fourth-order valence-electron chi connectivity index (χ4n) is 3.78. The highest BCUT2D eigenvalue weighted by Crippen LogP contribution is 2.44. The molecule has 0 saturated carbocycles. The average molecular weight is 588 g/mol. The summed E-state index contributed by atoms with van der Waals surface area (Å²) in [5, 5.41) is 3.36. The van der Waals surface area contributed by atoms with E-state index < -0.39 is 25.6 Å². The minimum Gasteiger partial charge on any atom is -0.462 e. The monoisotopic (exact) mass is 587 g/mol. The number of pyridine rings is 1. The summed E-state index contributed by atoms with van der Waals surface area (Å²) in [5.41, 5.74) is 8.39. The molecule has 3 atom stereocenters. The van der Waals surface area contributed by atoms with Crippen LogP contribution in [0, 0.1) is 0 Å². The molecule has 12 nitrogen and oxygen atoms in total. The van der Waals surface area contributed by atoms with Crippen LogP contribution in [0.4, 0.5) is 5.82 Å². The number of fused-ring (bicyclic) bond motifs is 1. The number of ether oxygens (including phenoxy) is 2. The third kappa shape index (κ3) is 7.54. The Kier molecular flexibility index (Phi) is 9.36. The van der Waals surface area contributed by atoms with Gasteiger partial charge in [-0.2, -0.15) is 0 Å². The Balaban J connectivity index is 1.49. The lowest BCUT2D eigenvalue weighted by Crippen LogP contribution is -2.37. The zero-order valence-corrected chi connectivity index (χ0v) is 24.2. The Morgan fingerprint density at radius 3 is 2.55 bits per heavy atom. The molecule has 3 aromatic heterocycles. The van der Waals surface area contributed by atoms with E-state index in [4.69, 9.17) is 31.3 Å². The molecule has 0 fully saturated rings. The molecule has 0 saturated heterocycles. The minimum absolute atomic E-state index is 0.277. The van der Waals surface area contributed by atoms with Gasteiger partial charge in [-0.3, -0.25) is 14.3 Å². The Labute approximate surface area is 236 Å². The largest absolute Gasteiger partial charge is 0.462 e. The second kappa shape index (κ2) is 12.7. The van der Waals surface area contributed by atoms with Gasteiger partial charge in [0.15, 0.2) is 11.5 Å². The van der Waals surface area contributed by atoms with Crippen molar-refractivity contribution in [2.24, 2.45) is 0 Å². The summed E-state index contributed by atoms with van der Waals surface area (Å²) in [4.78, 5) is 29.2. The number of halogens is 1. The van der Waals surface area contributed by atoms with Crippen LogP contribution in [0.2, 0.25) is 5.02 Å². The number of nitrogens with one attached hydrogen (secondary N) is 1. The summed E-state index contributed by atoms with van der Waals surface area (Å²) in [5.74, 6) is 0.0327. The van der Waals surface area contributed by atoms with Crippen molar-refractivity contribution < 1.29 is 23.4 Å². The standard InChI is InChI=1S/C26H31ClN7O5P/c1-16(2)38-26(35)18(4)33-40(36,39-21-7-5-19(6-8-21)22-11-20(27)9-10-29-22)15-37-17(3)12-34-14-32-23-24(28)30-13-31-25(23)34/h5-11,13-14,16-18H,12,15H2,1-4H3,(H,33,36)(H2,28,30,31)/t17-,18+,40?/m1/s1. The first-order valence-electron chi connectivity index (χ1n) is 12.5. The molecule has 0 aliphatic heterocycles. The lowest BCUT2D eigenvalue weighted by atomic mass is 10.1. The molecular formula is C26H31ClN7O5P. The predicted molar refractivity (Wildman–Crippen MR) is 152 cm³/mol. The van der Waals surface area contributed by atoms with Crippen molar-refractivity contribution >= 4 is 42.1 Å². The lowest BCUT2D eigenvalue weighted by molar-refractivity contribution is -0.149. The first-order valence-corrected chi connectivity index (χ1v) is 14.7. The molecule has 0 spiro atoms. The maximum atomic E-state index is 14.0. The van der Waals surface area contributed by atoms with Gasteiger partial charge in [-0.15, -0.1) is 0 Å². The van der Waals surface area contributed by atoms with Crippen molar-refractivity contribution in [1.82, 2.24) is 29.6 Å². The number of esters is 1. The van der Waals surface area contributed by atoms with Crippen molar-refractivity contribution in [1.29, 1.82) is 0 Å². The number of nitrogens with zero attached hydrogens (tertiary/aromatic N) is 5. The van der Waals surface area contributed by atoms with Crippen LogP contribution in [-0.2, 0) is 25.4 Å². The first-order chi connectivity index (χ1) is 19.0. The zero-order valence-electron chi connectivity index (χ0n) is 22.5. The minimum atomic E-state index is -3.77. The topological polar surface area (TPSA) is 156 Å². The van der Waals surface area contributed by atoms with Gasteiger partial charge in [0.25, 0.3) is 0 Å². The highest BCUT2D eigenvalue weighted by molar-refractivity contribution is 7.57. The molecule has 1 unspecified atom stereocenters. The van der Waals surface area contributed by atoms with Crippen LogP contribution in [-0.4, -0.2) is 55.1 Å². The number of hydrogen-bond donors (Lipinski definition) is 2. The molecule has 212 valence electrons. The van der Waals surface area contributed by atoms with Crippen molar-refractivity contribution in [3.05, 3.63) is 60.3 Å². The SMILES string of the molecule is CC(C)OC(=O)[C@H](C)NP(=O)(CO[C@H](C)Cn1cnc2c(N)ncnc21)Oc1ccc(-c2cc(Cl)ccn2)cc1. The molecule has 4 rings (SSSR count). The quantitative estimate of drug-likeness (QED) is 0.175. The maximum absolute atomic E-state index is 14.0.